The number of ether oxygens (including phenoxy) is 1. The molecule has 7 atom stereocenters. The number of alkyl halides is 1. The molecule has 1 unspecified atom stereocenters. The third-order valence-corrected chi connectivity index (χ3v) is 13.0. The summed E-state index contributed by atoms with van der Waals surface area (Å²) in [5.41, 5.74) is 0.160. The van der Waals surface area contributed by atoms with Crippen LogP contribution >= 0.6 is 23.2 Å². The summed E-state index contributed by atoms with van der Waals surface area (Å²) in [6.07, 6.45) is 1.42. The van der Waals surface area contributed by atoms with Crippen LogP contribution in [-0.4, -0.2) is 66.4 Å². The van der Waals surface area contributed by atoms with Crippen molar-refractivity contribution in [2.24, 2.45) is 11.8 Å². The van der Waals surface area contributed by atoms with Gasteiger partial charge in [0.2, 0.25) is 0 Å². The number of carbonyl (C=O) groups is 2. The molecule has 9 nitrogen and oxygen atoms in total. The normalized spacial score (nSPS) is 26.8. The van der Waals surface area contributed by atoms with Crippen LogP contribution in [-0.2, 0) is 16.0 Å². The molecule has 3 saturated carbocycles. The summed E-state index contributed by atoms with van der Waals surface area (Å²) in [4.78, 5) is 35.8. The largest absolute Gasteiger partial charge is 0.444 e. The molecule has 4 aromatic rings. The average Bonchev–Trinajstić information content (AvgIpc) is 3.78. The number of rotatable bonds is 7. The summed E-state index contributed by atoms with van der Waals surface area (Å²) in [6.45, 7) is 7.52. The molecule has 54 heavy (non-hydrogen) atoms. The third kappa shape index (κ3) is 5.42. The minimum atomic E-state index is -1.86. The summed E-state index contributed by atoms with van der Waals surface area (Å²) in [5.74, 6) is -0.872. The van der Waals surface area contributed by atoms with E-state index in [1.807, 2.05) is 32.9 Å². The van der Waals surface area contributed by atoms with Gasteiger partial charge in [0, 0.05) is 52.5 Å². The van der Waals surface area contributed by atoms with Gasteiger partial charge in [-0.25, -0.2) is 18.6 Å². The third-order valence-electron chi connectivity index (χ3n) is 12.2. The lowest BCUT2D eigenvalue weighted by molar-refractivity contribution is -0.140. The minimum absolute atomic E-state index is 0.00890. The molecule has 6 aliphatic rings. The van der Waals surface area contributed by atoms with Crippen molar-refractivity contribution in [2.45, 2.75) is 114 Å². The molecule has 10 rings (SSSR count). The summed E-state index contributed by atoms with van der Waals surface area (Å²) >= 11 is 13.1. The summed E-state index contributed by atoms with van der Waals surface area (Å²) in [6, 6.07) is 9.93. The molecule has 282 valence electrons. The highest BCUT2D eigenvalue weighted by Gasteiger charge is 2.63. The first-order valence-electron chi connectivity index (χ1n) is 18.8. The maximum absolute atomic E-state index is 17.4. The van der Waals surface area contributed by atoms with Gasteiger partial charge in [0.05, 0.1) is 51.6 Å². The fourth-order valence-electron chi connectivity index (χ4n) is 9.52. The molecule has 6 fully saturated rings. The second-order valence-corrected chi connectivity index (χ2v) is 17.7. The highest BCUT2D eigenvalue weighted by molar-refractivity contribution is 6.43. The van der Waals surface area contributed by atoms with Crippen LogP contribution in [0.3, 0.4) is 0 Å². The monoisotopic (exact) mass is 775 g/mol. The van der Waals surface area contributed by atoms with Crippen LogP contribution in [0, 0.1) is 29.0 Å². The van der Waals surface area contributed by atoms with Crippen molar-refractivity contribution in [1.29, 1.82) is 5.26 Å². The zero-order chi connectivity index (χ0) is 38.2. The number of aromatic nitrogens is 2. The average molecular weight is 777 g/mol. The maximum Gasteiger partial charge on any atom is 0.410 e. The Labute approximate surface area is 321 Å². The molecule has 2 aromatic heterocycles. The molecule has 0 spiro atoms. The van der Waals surface area contributed by atoms with Crippen LogP contribution in [0.1, 0.15) is 101 Å². The predicted molar refractivity (Wildman–Crippen MR) is 200 cm³/mol. The molecular weight excluding hydrogens is 735 g/mol. The van der Waals surface area contributed by atoms with E-state index in [2.05, 4.69) is 10.6 Å². The van der Waals surface area contributed by atoms with E-state index in [1.165, 1.54) is 0 Å². The number of aliphatic hydroxyl groups is 1. The van der Waals surface area contributed by atoms with E-state index in [4.69, 9.17) is 32.9 Å². The number of nitriles is 1. The summed E-state index contributed by atoms with van der Waals surface area (Å²) in [7, 11) is 0. The topological polar surface area (TPSA) is 112 Å². The van der Waals surface area contributed by atoms with E-state index in [0.717, 1.165) is 18.5 Å². The Hall–Kier alpha value is -3.98. The second kappa shape index (κ2) is 12.3. The first-order chi connectivity index (χ1) is 25.6. The lowest BCUT2D eigenvalue weighted by Gasteiger charge is -2.41. The van der Waals surface area contributed by atoms with Crippen molar-refractivity contribution in [3.05, 3.63) is 63.1 Å². The van der Waals surface area contributed by atoms with Gasteiger partial charge in [0.25, 0.3) is 5.91 Å². The van der Waals surface area contributed by atoms with Crippen molar-refractivity contribution in [1.82, 2.24) is 19.4 Å². The zero-order valence-electron chi connectivity index (χ0n) is 30.5. The van der Waals surface area contributed by atoms with E-state index in [9.17, 15) is 20.0 Å². The van der Waals surface area contributed by atoms with Crippen molar-refractivity contribution in [3.63, 3.8) is 0 Å². The second-order valence-electron chi connectivity index (χ2n) is 16.9. The maximum atomic E-state index is 17.4. The molecule has 2 aromatic carbocycles. The van der Waals surface area contributed by atoms with E-state index in [0.29, 0.717) is 40.4 Å². The van der Waals surface area contributed by atoms with Gasteiger partial charge < -0.3 is 24.2 Å². The van der Waals surface area contributed by atoms with Crippen molar-refractivity contribution in [3.8, 4) is 17.2 Å². The number of halogens is 4. The van der Waals surface area contributed by atoms with Crippen LogP contribution in [0.4, 0.5) is 13.6 Å². The van der Waals surface area contributed by atoms with Gasteiger partial charge in [0.15, 0.2) is 11.5 Å². The van der Waals surface area contributed by atoms with E-state index >= 15 is 8.78 Å². The number of aryl methyl sites for hydroxylation is 1. The molecule has 1 N–H and O–H groups in total. The Morgan fingerprint density at radius 3 is 2.56 bits per heavy atom. The predicted octanol–water partition coefficient (Wildman–Crippen LogP) is 9.16. The van der Waals surface area contributed by atoms with Gasteiger partial charge >= 0.3 is 6.09 Å². The highest BCUT2D eigenvalue weighted by atomic mass is 35.5. The molecular formula is C41H41Cl2F2N5O4. The van der Waals surface area contributed by atoms with E-state index < -0.39 is 41.2 Å². The Morgan fingerprint density at radius 1 is 1.13 bits per heavy atom. The summed E-state index contributed by atoms with van der Waals surface area (Å²) in [5, 5.41) is 22.4. The van der Waals surface area contributed by atoms with Crippen molar-refractivity contribution in [2.75, 3.05) is 6.54 Å². The van der Waals surface area contributed by atoms with Gasteiger partial charge in [-0.2, -0.15) is 5.26 Å². The molecule has 13 heteroatoms. The minimum Gasteiger partial charge on any atom is -0.444 e. The van der Waals surface area contributed by atoms with Crippen molar-refractivity contribution >= 4 is 57.0 Å². The van der Waals surface area contributed by atoms with Crippen LogP contribution in [0.15, 0.2) is 30.3 Å². The SMILES string of the molecule is CC(O)c1nc2c(F)c(-c3cccc(Cl)c3Cl)c(CCC#N)cc2c2c1cc([C@H]1C[C@H]3C[C@H]3N1C(=O)C1(F)CC1)n2[C@H]1[C@@H]2C[C@H]1N(C(=O)OC(C)(C)C)C2. The molecule has 2 amide bonds. The number of aliphatic hydroxyl groups excluding tert-OH is 1. The number of fused-ring (bicyclic) bond motifs is 5. The van der Waals surface area contributed by atoms with E-state index in [-0.39, 0.29) is 82.5 Å². The van der Waals surface area contributed by atoms with Crippen LogP contribution in [0.2, 0.25) is 10.0 Å². The number of nitrogens with zero attached hydrogens (tertiary/aromatic N) is 5. The number of hydrogen-bond donors (Lipinski definition) is 1. The van der Waals surface area contributed by atoms with Crippen LogP contribution in [0.5, 0.6) is 0 Å². The first-order valence-corrected chi connectivity index (χ1v) is 19.6. The van der Waals surface area contributed by atoms with Gasteiger partial charge in [0.1, 0.15) is 11.1 Å². The Morgan fingerprint density at radius 2 is 1.87 bits per heavy atom. The van der Waals surface area contributed by atoms with Gasteiger partial charge in [-0.15, -0.1) is 0 Å². The zero-order valence-corrected chi connectivity index (χ0v) is 32.0. The Kier molecular flexibility index (Phi) is 8.11. The molecule has 3 aliphatic carbocycles. The van der Waals surface area contributed by atoms with Gasteiger partial charge in [-0.1, -0.05) is 35.3 Å². The Balaban J connectivity index is 1.32. The number of amides is 2. The number of hydrogen-bond acceptors (Lipinski definition) is 6. The smallest absolute Gasteiger partial charge is 0.410 e. The molecule has 5 heterocycles. The van der Waals surface area contributed by atoms with Gasteiger partial charge in [-0.3, -0.25) is 4.79 Å². The quantitative estimate of drug-likeness (QED) is 0.201. The molecule has 3 saturated heterocycles. The molecule has 3 aliphatic heterocycles. The standard InChI is InChI=1S/C41H41Cl2F2N5O4/c1-19(51)34-25-17-29(28-15-21-14-27(21)49(28)38(52)41(45)10-11-41)50(36-22-16-30(36)48(18-22)39(53)54-40(2,3)4)37(25)24-13-20(7-6-12-46)31(33(44)35(24)47-34)23-8-5-9-26(42)32(23)43/h5,8-9,13,17,19,21-22,27-28,30,36,51H,6-7,10-11,14-16,18H2,1-4H3/t19?,21-,22-,27-,28-,30-,36+/m1/s1. The number of carbonyl (C=O) groups excluding carboxylic acids is 2. The molecule has 0 radical (unpaired) electrons. The first kappa shape index (κ1) is 35.7. The molecule has 2 bridgehead atoms. The van der Waals surface area contributed by atoms with Crippen molar-refractivity contribution < 1.29 is 28.2 Å². The van der Waals surface area contributed by atoms with E-state index in [1.54, 1.807) is 34.9 Å². The highest BCUT2D eigenvalue weighted by Crippen LogP contribution is 2.60. The summed E-state index contributed by atoms with van der Waals surface area (Å²) < 4.78 is 41.0. The van der Waals surface area contributed by atoms with Crippen LogP contribution < -0.4 is 0 Å². The Bertz CT molecular complexity index is 2330. The number of piperidine rings is 1. The fourth-order valence-corrected chi connectivity index (χ4v) is 9.92. The fraction of sp³-hybridized carbons (Fsp3) is 0.512. The number of pyridine rings is 1. The lowest BCUT2D eigenvalue weighted by Crippen LogP contribution is -2.45. The van der Waals surface area contributed by atoms with Crippen LogP contribution in [0.25, 0.3) is 32.9 Å². The number of likely N-dealkylation sites (tertiary alicyclic amines) is 1. The van der Waals surface area contributed by atoms with Gasteiger partial charge in [-0.05, 0) is 95.9 Å². The lowest BCUT2D eigenvalue weighted by atomic mass is 9.79. The number of benzene rings is 2.